The molecule has 0 atom stereocenters. The van der Waals surface area contributed by atoms with Gasteiger partial charge < -0.3 is 10.1 Å². The van der Waals surface area contributed by atoms with Crippen molar-refractivity contribution in [2.24, 2.45) is 5.41 Å². The van der Waals surface area contributed by atoms with E-state index in [1.807, 2.05) is 37.3 Å². The van der Waals surface area contributed by atoms with Crippen LogP contribution in [-0.4, -0.2) is 19.1 Å². The highest BCUT2D eigenvalue weighted by Gasteiger charge is 2.48. The first-order valence-corrected chi connectivity index (χ1v) is 9.45. The molecule has 27 heavy (non-hydrogen) atoms. The number of nitrogens with one attached hydrogen (secondary N) is 1. The third-order valence-electron chi connectivity index (χ3n) is 5.84. The number of benzene rings is 2. The van der Waals surface area contributed by atoms with Crippen LogP contribution in [-0.2, 0) is 9.53 Å². The molecule has 1 spiro atoms. The summed E-state index contributed by atoms with van der Waals surface area (Å²) in [5.41, 5.74) is 6.76. The molecule has 1 fully saturated rings. The smallest absolute Gasteiger partial charge is 0.252 e. The highest BCUT2D eigenvalue weighted by atomic mass is 35.5. The normalized spacial score (nSPS) is 17.7. The maximum atomic E-state index is 13.3. The Kier molecular flexibility index (Phi) is 4.45. The lowest BCUT2D eigenvalue weighted by Gasteiger charge is -2.44. The number of amides is 1. The van der Waals surface area contributed by atoms with Crippen molar-refractivity contribution >= 4 is 34.8 Å². The molecule has 0 aromatic heterocycles. The summed E-state index contributed by atoms with van der Waals surface area (Å²) >= 11 is 6.05. The summed E-state index contributed by atoms with van der Waals surface area (Å²) in [6.07, 6.45) is 2.03. The van der Waals surface area contributed by atoms with Crippen LogP contribution >= 0.6 is 11.6 Å². The van der Waals surface area contributed by atoms with Crippen LogP contribution in [0, 0.1) is 12.3 Å². The molecule has 1 amide bonds. The van der Waals surface area contributed by atoms with Gasteiger partial charge in [-0.25, -0.2) is 0 Å². The van der Waals surface area contributed by atoms with Gasteiger partial charge in [-0.3, -0.25) is 4.79 Å². The van der Waals surface area contributed by atoms with E-state index in [-0.39, 0.29) is 11.3 Å². The van der Waals surface area contributed by atoms with Crippen molar-refractivity contribution in [2.45, 2.75) is 20.8 Å². The SMILES string of the molecule is CC1=C(C)C2(COC2)C(C(=O)Nc2ccc(Cl)cc2C)=Cc2ccccc21. The van der Waals surface area contributed by atoms with Crippen LogP contribution in [0.15, 0.2) is 53.6 Å². The lowest BCUT2D eigenvalue weighted by molar-refractivity contribution is -0.118. The van der Waals surface area contributed by atoms with Crippen molar-refractivity contribution in [3.8, 4) is 0 Å². The molecule has 138 valence electrons. The second-order valence-corrected chi connectivity index (χ2v) is 7.82. The highest BCUT2D eigenvalue weighted by Crippen LogP contribution is 2.49. The van der Waals surface area contributed by atoms with E-state index in [2.05, 4.69) is 31.3 Å². The average molecular weight is 380 g/mol. The van der Waals surface area contributed by atoms with Gasteiger partial charge in [0.15, 0.2) is 0 Å². The molecule has 0 radical (unpaired) electrons. The number of rotatable bonds is 2. The predicted molar refractivity (Wildman–Crippen MR) is 111 cm³/mol. The van der Waals surface area contributed by atoms with Crippen molar-refractivity contribution < 1.29 is 9.53 Å². The van der Waals surface area contributed by atoms with Gasteiger partial charge in [0, 0.05) is 16.3 Å². The molecule has 0 saturated carbocycles. The van der Waals surface area contributed by atoms with Gasteiger partial charge in [-0.2, -0.15) is 0 Å². The lowest BCUT2D eigenvalue weighted by Crippen LogP contribution is -2.48. The van der Waals surface area contributed by atoms with Gasteiger partial charge >= 0.3 is 0 Å². The molecule has 0 unspecified atom stereocenters. The van der Waals surface area contributed by atoms with Gasteiger partial charge in [-0.15, -0.1) is 0 Å². The summed E-state index contributed by atoms with van der Waals surface area (Å²) < 4.78 is 5.59. The molecule has 0 bridgehead atoms. The van der Waals surface area contributed by atoms with Crippen LogP contribution in [0.25, 0.3) is 11.6 Å². The van der Waals surface area contributed by atoms with Gasteiger partial charge in [0.25, 0.3) is 5.91 Å². The number of carbonyl (C=O) groups excluding carboxylic acids is 1. The first kappa shape index (κ1) is 18.0. The number of allylic oxidation sites excluding steroid dienone is 1. The van der Waals surface area contributed by atoms with Gasteiger partial charge in [-0.1, -0.05) is 41.4 Å². The van der Waals surface area contributed by atoms with Crippen molar-refractivity contribution in [3.63, 3.8) is 0 Å². The fraction of sp³-hybridized carbons (Fsp3) is 0.261. The molecular formula is C23H22ClNO2. The van der Waals surface area contributed by atoms with Gasteiger partial charge in [0.1, 0.15) is 0 Å². The lowest BCUT2D eigenvalue weighted by atomic mass is 9.71. The molecule has 2 aliphatic rings. The number of anilines is 1. The third kappa shape index (κ3) is 2.91. The summed E-state index contributed by atoms with van der Waals surface area (Å²) in [6.45, 7) is 7.25. The minimum atomic E-state index is -0.368. The first-order chi connectivity index (χ1) is 12.9. The van der Waals surface area contributed by atoms with Gasteiger partial charge in [0.2, 0.25) is 0 Å². The maximum Gasteiger partial charge on any atom is 0.252 e. The number of fused-ring (bicyclic) bond motifs is 1. The molecule has 1 saturated heterocycles. The van der Waals surface area contributed by atoms with E-state index in [1.165, 1.54) is 16.7 Å². The zero-order valence-electron chi connectivity index (χ0n) is 15.7. The summed E-state index contributed by atoms with van der Waals surface area (Å²) in [7, 11) is 0. The van der Waals surface area contributed by atoms with Crippen molar-refractivity contribution in [1.82, 2.24) is 0 Å². The fourth-order valence-corrected chi connectivity index (χ4v) is 4.17. The Morgan fingerprint density at radius 1 is 1.11 bits per heavy atom. The van der Waals surface area contributed by atoms with Crippen molar-refractivity contribution in [1.29, 1.82) is 0 Å². The fourth-order valence-electron chi connectivity index (χ4n) is 3.94. The van der Waals surface area contributed by atoms with E-state index in [0.717, 1.165) is 22.4 Å². The van der Waals surface area contributed by atoms with E-state index < -0.39 is 0 Å². The zero-order chi connectivity index (χ0) is 19.2. The van der Waals surface area contributed by atoms with E-state index >= 15 is 0 Å². The number of carbonyl (C=O) groups is 1. The average Bonchev–Trinajstić information content (AvgIpc) is 2.71. The highest BCUT2D eigenvalue weighted by molar-refractivity contribution is 6.30. The molecule has 1 aliphatic heterocycles. The minimum absolute atomic E-state index is 0.0902. The molecular weight excluding hydrogens is 358 g/mol. The van der Waals surface area contributed by atoms with Crippen molar-refractivity contribution in [3.05, 3.63) is 75.3 Å². The van der Waals surface area contributed by atoms with Crippen LogP contribution in [0.1, 0.15) is 30.5 Å². The summed E-state index contributed by atoms with van der Waals surface area (Å²) in [4.78, 5) is 13.3. The second kappa shape index (κ2) is 6.66. The topological polar surface area (TPSA) is 38.3 Å². The zero-order valence-corrected chi connectivity index (χ0v) is 16.5. The Morgan fingerprint density at radius 2 is 1.85 bits per heavy atom. The summed E-state index contributed by atoms with van der Waals surface area (Å²) in [5, 5.41) is 3.74. The third-order valence-corrected chi connectivity index (χ3v) is 6.07. The first-order valence-electron chi connectivity index (χ1n) is 9.07. The van der Waals surface area contributed by atoms with Crippen LogP contribution < -0.4 is 5.32 Å². The Morgan fingerprint density at radius 3 is 2.52 bits per heavy atom. The minimum Gasteiger partial charge on any atom is -0.379 e. The van der Waals surface area contributed by atoms with E-state index in [1.54, 1.807) is 6.07 Å². The molecule has 1 aliphatic carbocycles. The quantitative estimate of drug-likeness (QED) is 0.748. The second-order valence-electron chi connectivity index (χ2n) is 7.38. The number of hydrogen-bond acceptors (Lipinski definition) is 2. The number of hydrogen-bond donors (Lipinski definition) is 1. The standard InChI is InChI=1S/C23H22ClNO2/c1-14-10-18(24)8-9-21(14)25-22(26)20-11-17-6-4-5-7-19(17)15(2)16(3)23(20)12-27-13-23/h4-11H,12-13H2,1-3H3,(H,25,26). The van der Waals surface area contributed by atoms with Gasteiger partial charge in [0.05, 0.1) is 18.6 Å². The molecule has 4 rings (SSSR count). The monoisotopic (exact) mass is 379 g/mol. The molecule has 1 heterocycles. The summed E-state index contributed by atoms with van der Waals surface area (Å²) in [5.74, 6) is -0.0902. The van der Waals surface area contributed by atoms with Crippen LogP contribution in [0.4, 0.5) is 5.69 Å². The van der Waals surface area contributed by atoms with Crippen LogP contribution in [0.3, 0.4) is 0 Å². The Hall–Kier alpha value is -2.36. The number of halogens is 1. The van der Waals surface area contributed by atoms with Crippen molar-refractivity contribution in [2.75, 3.05) is 18.5 Å². The Labute approximate surface area is 164 Å². The Balaban J connectivity index is 1.80. The van der Waals surface area contributed by atoms with Gasteiger partial charge in [-0.05, 0) is 67.3 Å². The largest absolute Gasteiger partial charge is 0.379 e. The van der Waals surface area contributed by atoms with E-state index in [9.17, 15) is 4.79 Å². The number of aryl methyl sites for hydroxylation is 1. The summed E-state index contributed by atoms with van der Waals surface area (Å²) in [6, 6.07) is 13.7. The Bertz CT molecular complexity index is 999. The molecule has 3 nitrogen and oxygen atoms in total. The molecule has 2 aromatic rings. The van der Waals surface area contributed by atoms with E-state index in [4.69, 9.17) is 16.3 Å². The van der Waals surface area contributed by atoms with Crippen LogP contribution in [0.5, 0.6) is 0 Å². The van der Waals surface area contributed by atoms with Crippen LogP contribution in [0.2, 0.25) is 5.02 Å². The van der Waals surface area contributed by atoms with E-state index in [0.29, 0.717) is 18.2 Å². The predicted octanol–water partition coefficient (Wildman–Crippen LogP) is 5.49. The maximum absolute atomic E-state index is 13.3. The molecule has 4 heteroatoms. The molecule has 2 aromatic carbocycles. The number of ether oxygens (including phenoxy) is 1. The molecule has 1 N–H and O–H groups in total.